The minimum Gasteiger partial charge on any atom is -0.383 e. The Morgan fingerprint density at radius 3 is 2.61 bits per heavy atom. The summed E-state index contributed by atoms with van der Waals surface area (Å²) in [5.74, 6) is 0.615. The van der Waals surface area contributed by atoms with Gasteiger partial charge in [-0.15, -0.1) is 11.3 Å². The summed E-state index contributed by atoms with van der Waals surface area (Å²) >= 11 is 2.81. The number of rotatable bonds is 5. The maximum atomic E-state index is 12.3. The third kappa shape index (κ3) is 4.56. The number of aromatic nitrogens is 2. The van der Waals surface area contributed by atoms with Crippen molar-refractivity contribution in [3.63, 3.8) is 0 Å². The average Bonchev–Trinajstić information content (AvgIpc) is 3.01. The first-order valence-corrected chi connectivity index (χ1v) is 11.3. The van der Waals surface area contributed by atoms with Crippen LogP contribution in [0.3, 0.4) is 0 Å². The maximum Gasteiger partial charge on any atom is 0.234 e. The quantitative estimate of drug-likeness (QED) is 0.477. The number of thiophene rings is 1. The monoisotopic (exact) mass is 413 g/mol. The number of benzene rings is 1. The lowest BCUT2D eigenvalue weighted by molar-refractivity contribution is -0.113. The van der Waals surface area contributed by atoms with Gasteiger partial charge in [-0.1, -0.05) is 24.6 Å². The highest BCUT2D eigenvalue weighted by Gasteiger charge is 2.12. The number of thioether (sulfide) groups is 1. The molecule has 1 aliphatic heterocycles. The van der Waals surface area contributed by atoms with Crippen LogP contribution in [0.2, 0.25) is 0 Å². The smallest absolute Gasteiger partial charge is 0.234 e. The molecule has 1 aliphatic rings. The van der Waals surface area contributed by atoms with E-state index in [-0.39, 0.29) is 11.7 Å². The lowest BCUT2D eigenvalue weighted by Crippen LogP contribution is -2.23. The maximum absolute atomic E-state index is 12.3. The zero-order valence-electron chi connectivity index (χ0n) is 15.6. The van der Waals surface area contributed by atoms with Crippen LogP contribution in [-0.2, 0) is 4.79 Å². The molecule has 8 heteroatoms. The first-order chi connectivity index (χ1) is 13.7. The fourth-order valence-corrected chi connectivity index (χ4v) is 4.81. The molecular weight excluding hydrogens is 390 g/mol. The molecule has 1 fully saturated rings. The van der Waals surface area contributed by atoms with Crippen LogP contribution in [0.25, 0.3) is 10.2 Å². The highest BCUT2D eigenvalue weighted by Crippen LogP contribution is 2.26. The Morgan fingerprint density at radius 2 is 1.86 bits per heavy atom. The molecule has 6 nitrogen and oxygen atoms in total. The molecule has 0 bridgehead atoms. The molecule has 28 heavy (non-hydrogen) atoms. The largest absolute Gasteiger partial charge is 0.383 e. The molecule has 1 saturated heterocycles. The van der Waals surface area contributed by atoms with Crippen molar-refractivity contribution in [2.24, 2.45) is 0 Å². The molecule has 3 aromatic rings. The van der Waals surface area contributed by atoms with E-state index in [0.717, 1.165) is 29.0 Å². The topological polar surface area (TPSA) is 84.1 Å². The second kappa shape index (κ2) is 8.79. The van der Waals surface area contributed by atoms with E-state index >= 15 is 0 Å². The van der Waals surface area contributed by atoms with Crippen molar-refractivity contribution < 1.29 is 4.79 Å². The van der Waals surface area contributed by atoms with Gasteiger partial charge in [0.25, 0.3) is 0 Å². The predicted octanol–water partition coefficient (Wildman–Crippen LogP) is 4.38. The van der Waals surface area contributed by atoms with Crippen LogP contribution in [-0.4, -0.2) is 34.7 Å². The summed E-state index contributed by atoms with van der Waals surface area (Å²) in [6.07, 6.45) is 5.13. The highest BCUT2D eigenvalue weighted by molar-refractivity contribution is 7.99. The van der Waals surface area contributed by atoms with Gasteiger partial charge < -0.3 is 16.0 Å². The number of carbonyl (C=O) groups excluding carboxylic acids is 1. The molecule has 1 amide bonds. The molecule has 3 N–H and O–H groups in total. The Labute approximate surface area is 172 Å². The first kappa shape index (κ1) is 19.0. The molecule has 0 spiro atoms. The molecule has 0 aliphatic carbocycles. The Balaban J connectivity index is 1.32. The van der Waals surface area contributed by atoms with Gasteiger partial charge >= 0.3 is 0 Å². The summed E-state index contributed by atoms with van der Waals surface area (Å²) in [6.45, 7) is 2.22. The van der Waals surface area contributed by atoms with Crippen LogP contribution in [0.15, 0.2) is 40.9 Å². The molecule has 3 heterocycles. The number of nitrogens with zero attached hydrogens (tertiary/aromatic N) is 3. The van der Waals surface area contributed by atoms with Gasteiger partial charge in [0.05, 0.1) is 11.1 Å². The summed E-state index contributed by atoms with van der Waals surface area (Å²) in [5.41, 5.74) is 7.98. The van der Waals surface area contributed by atoms with Crippen LogP contribution in [0.1, 0.15) is 25.7 Å². The van der Waals surface area contributed by atoms with E-state index in [1.807, 2.05) is 23.6 Å². The van der Waals surface area contributed by atoms with Gasteiger partial charge in [0.15, 0.2) is 5.16 Å². The highest BCUT2D eigenvalue weighted by atomic mass is 32.2. The van der Waals surface area contributed by atoms with Gasteiger partial charge in [-0.25, -0.2) is 9.97 Å². The summed E-state index contributed by atoms with van der Waals surface area (Å²) in [7, 11) is 0. The lowest BCUT2D eigenvalue weighted by atomic mass is 10.2. The Bertz CT molecular complexity index is 949. The van der Waals surface area contributed by atoms with E-state index in [9.17, 15) is 4.79 Å². The minimum absolute atomic E-state index is 0.0824. The van der Waals surface area contributed by atoms with Crippen molar-refractivity contribution in [3.05, 3.63) is 35.7 Å². The number of anilines is 3. The van der Waals surface area contributed by atoms with E-state index in [4.69, 9.17) is 5.73 Å². The number of amides is 1. The molecule has 0 radical (unpaired) electrons. The molecule has 0 unspecified atom stereocenters. The number of nitrogen functional groups attached to an aromatic ring is 1. The van der Waals surface area contributed by atoms with E-state index in [0.29, 0.717) is 11.0 Å². The van der Waals surface area contributed by atoms with Crippen molar-refractivity contribution in [1.82, 2.24) is 9.97 Å². The number of nitrogens with two attached hydrogens (primary N) is 1. The van der Waals surface area contributed by atoms with Crippen LogP contribution >= 0.6 is 23.1 Å². The molecule has 1 aromatic carbocycles. The third-order valence-corrected chi connectivity index (χ3v) is 6.44. The summed E-state index contributed by atoms with van der Waals surface area (Å²) in [4.78, 5) is 24.3. The van der Waals surface area contributed by atoms with Crippen molar-refractivity contribution in [3.8, 4) is 0 Å². The molecule has 146 valence electrons. The van der Waals surface area contributed by atoms with Gasteiger partial charge in [-0.3, -0.25) is 4.79 Å². The Morgan fingerprint density at radius 1 is 1.11 bits per heavy atom. The molecule has 0 atom stereocenters. The minimum atomic E-state index is -0.0824. The molecule has 0 saturated carbocycles. The zero-order chi connectivity index (χ0) is 19.3. The SMILES string of the molecule is Nc1nc(SCC(=O)Nc2ccc(N3CCCCCC3)cc2)nc2sccc12. The molecule has 4 rings (SSSR count). The van der Waals surface area contributed by atoms with Crippen LogP contribution in [0.4, 0.5) is 17.2 Å². The number of nitrogens with one attached hydrogen (secondary N) is 1. The number of hydrogen-bond acceptors (Lipinski definition) is 7. The second-order valence-electron chi connectivity index (χ2n) is 6.82. The van der Waals surface area contributed by atoms with E-state index in [1.54, 1.807) is 0 Å². The Hall–Kier alpha value is -2.32. The van der Waals surface area contributed by atoms with Crippen LogP contribution < -0.4 is 16.0 Å². The standard InChI is InChI=1S/C20H23N5OS2/c21-18-16-9-12-27-19(16)24-20(23-18)28-13-17(26)22-14-5-7-15(8-6-14)25-10-3-1-2-4-11-25/h5-9,12H,1-4,10-11,13H2,(H,22,26)(H2,21,23,24). The van der Waals surface area contributed by atoms with Crippen molar-refractivity contribution in [2.45, 2.75) is 30.8 Å². The van der Waals surface area contributed by atoms with Gasteiger partial charge in [-0.05, 0) is 48.6 Å². The summed E-state index contributed by atoms with van der Waals surface area (Å²) < 4.78 is 0. The van der Waals surface area contributed by atoms with Crippen molar-refractivity contribution in [2.75, 3.05) is 34.8 Å². The summed E-state index contributed by atoms with van der Waals surface area (Å²) in [6, 6.07) is 10.0. The zero-order valence-corrected chi connectivity index (χ0v) is 17.2. The van der Waals surface area contributed by atoms with Gasteiger partial charge in [0, 0.05) is 24.5 Å². The molecular formula is C20H23N5OS2. The van der Waals surface area contributed by atoms with E-state index in [2.05, 4.69) is 32.3 Å². The summed E-state index contributed by atoms with van der Waals surface area (Å²) in [5, 5.41) is 6.27. The van der Waals surface area contributed by atoms with Gasteiger partial charge in [0.1, 0.15) is 10.6 Å². The number of carbonyl (C=O) groups is 1. The van der Waals surface area contributed by atoms with Crippen molar-refractivity contribution >= 4 is 56.4 Å². The van der Waals surface area contributed by atoms with Gasteiger partial charge in [-0.2, -0.15) is 0 Å². The second-order valence-corrected chi connectivity index (χ2v) is 8.65. The van der Waals surface area contributed by atoms with E-state index in [1.165, 1.54) is 54.5 Å². The van der Waals surface area contributed by atoms with Crippen LogP contribution in [0.5, 0.6) is 0 Å². The van der Waals surface area contributed by atoms with Gasteiger partial charge in [0.2, 0.25) is 5.91 Å². The number of fused-ring (bicyclic) bond motifs is 1. The Kier molecular flexibility index (Phi) is 5.97. The third-order valence-electron chi connectivity index (χ3n) is 4.79. The van der Waals surface area contributed by atoms with Crippen LogP contribution in [0, 0.1) is 0 Å². The normalized spacial score (nSPS) is 14.8. The van der Waals surface area contributed by atoms with E-state index < -0.39 is 0 Å². The molecule has 2 aromatic heterocycles. The fraction of sp³-hybridized carbons (Fsp3) is 0.350. The predicted molar refractivity (Wildman–Crippen MR) is 118 cm³/mol. The fourth-order valence-electron chi connectivity index (χ4n) is 3.33. The lowest BCUT2D eigenvalue weighted by Gasteiger charge is -2.22. The average molecular weight is 414 g/mol. The number of hydrogen-bond donors (Lipinski definition) is 2. The first-order valence-electron chi connectivity index (χ1n) is 9.47. The van der Waals surface area contributed by atoms with Crippen molar-refractivity contribution in [1.29, 1.82) is 0 Å².